The monoisotopic (exact) mass is 289 g/mol. The predicted octanol–water partition coefficient (Wildman–Crippen LogP) is 5.09. The quantitative estimate of drug-likeness (QED) is 0.543. The molecule has 1 heteroatoms. The lowest BCUT2D eigenvalue weighted by atomic mass is 9.84. The zero-order valence-corrected chi connectivity index (χ0v) is 13.4. The molecule has 0 bridgehead atoms. The molecule has 0 atom stereocenters. The van der Waals surface area contributed by atoms with E-state index in [1.54, 1.807) is 33.0 Å². The van der Waals surface area contributed by atoms with Gasteiger partial charge in [0.25, 0.3) is 0 Å². The Kier molecular flexibility index (Phi) is 2.68. The van der Waals surface area contributed by atoms with Crippen molar-refractivity contribution in [3.8, 4) is 0 Å². The van der Waals surface area contributed by atoms with Crippen molar-refractivity contribution in [1.82, 2.24) is 4.57 Å². The summed E-state index contributed by atoms with van der Waals surface area (Å²) >= 11 is 0. The molecule has 2 aliphatic carbocycles. The second kappa shape index (κ2) is 4.62. The number of rotatable bonds is 0. The van der Waals surface area contributed by atoms with Crippen LogP contribution < -0.4 is 0 Å². The zero-order chi connectivity index (χ0) is 14.7. The minimum atomic E-state index is 1.27. The average molecular weight is 289 g/mol. The molecular formula is C21H23N. The SMILES string of the molecule is Cn1c2ccc3c(c2c2c4c(ccc21)CCCC4)CCCC3. The number of hydrogen-bond acceptors (Lipinski definition) is 0. The van der Waals surface area contributed by atoms with E-state index in [1.807, 2.05) is 0 Å². The van der Waals surface area contributed by atoms with Crippen molar-refractivity contribution in [2.45, 2.75) is 51.4 Å². The third-order valence-electron chi connectivity index (χ3n) is 5.99. The maximum Gasteiger partial charge on any atom is 0.0491 e. The Balaban J connectivity index is 1.99. The minimum Gasteiger partial charge on any atom is -0.344 e. The van der Waals surface area contributed by atoms with Gasteiger partial charge in [-0.25, -0.2) is 0 Å². The van der Waals surface area contributed by atoms with Crippen LogP contribution in [-0.2, 0) is 32.7 Å². The van der Waals surface area contributed by atoms with Gasteiger partial charge in [-0.15, -0.1) is 0 Å². The van der Waals surface area contributed by atoms with Gasteiger partial charge in [-0.2, -0.15) is 0 Å². The first-order valence-electron chi connectivity index (χ1n) is 8.88. The fourth-order valence-corrected chi connectivity index (χ4v) is 4.88. The van der Waals surface area contributed by atoms with E-state index in [2.05, 4.69) is 35.9 Å². The first-order chi connectivity index (χ1) is 10.8. The van der Waals surface area contributed by atoms with Crippen LogP contribution in [0.3, 0.4) is 0 Å². The minimum absolute atomic E-state index is 1.27. The molecule has 2 aromatic carbocycles. The Hall–Kier alpha value is -1.76. The molecule has 2 aliphatic rings. The molecule has 0 saturated heterocycles. The highest BCUT2D eigenvalue weighted by Gasteiger charge is 2.21. The van der Waals surface area contributed by atoms with Crippen LogP contribution in [0.1, 0.15) is 47.9 Å². The summed E-state index contributed by atoms with van der Waals surface area (Å²) in [4.78, 5) is 0. The highest BCUT2D eigenvalue weighted by Crippen LogP contribution is 2.40. The molecule has 5 rings (SSSR count). The number of benzene rings is 2. The molecule has 3 aromatic rings. The second-order valence-electron chi connectivity index (χ2n) is 7.17. The van der Waals surface area contributed by atoms with E-state index in [-0.39, 0.29) is 0 Å². The number of aromatic nitrogens is 1. The number of fused-ring (bicyclic) bond motifs is 7. The second-order valence-corrected chi connectivity index (χ2v) is 7.17. The highest BCUT2D eigenvalue weighted by molar-refractivity contribution is 6.12. The van der Waals surface area contributed by atoms with E-state index in [0.717, 1.165) is 0 Å². The van der Waals surface area contributed by atoms with Crippen LogP contribution in [-0.4, -0.2) is 4.57 Å². The fourth-order valence-electron chi connectivity index (χ4n) is 4.88. The van der Waals surface area contributed by atoms with Crippen LogP contribution in [0.5, 0.6) is 0 Å². The van der Waals surface area contributed by atoms with E-state index in [9.17, 15) is 0 Å². The Labute approximate surface area is 131 Å². The molecule has 0 radical (unpaired) electrons. The maximum absolute atomic E-state index is 2.43. The molecule has 1 nitrogen and oxygen atoms in total. The number of hydrogen-bond donors (Lipinski definition) is 0. The first-order valence-corrected chi connectivity index (χ1v) is 8.88. The van der Waals surface area contributed by atoms with Crippen molar-refractivity contribution in [3.63, 3.8) is 0 Å². The zero-order valence-electron chi connectivity index (χ0n) is 13.4. The van der Waals surface area contributed by atoms with Gasteiger partial charge in [0.05, 0.1) is 0 Å². The largest absolute Gasteiger partial charge is 0.344 e. The lowest BCUT2D eigenvalue weighted by Crippen LogP contribution is -2.05. The van der Waals surface area contributed by atoms with E-state index >= 15 is 0 Å². The summed E-state index contributed by atoms with van der Waals surface area (Å²) < 4.78 is 2.43. The molecule has 0 spiro atoms. The highest BCUT2D eigenvalue weighted by atomic mass is 14.9. The van der Waals surface area contributed by atoms with Gasteiger partial charge in [-0.3, -0.25) is 0 Å². The number of nitrogens with zero attached hydrogens (tertiary/aromatic N) is 1. The molecule has 1 aromatic heterocycles. The molecule has 0 N–H and O–H groups in total. The molecule has 112 valence electrons. The Morgan fingerprint density at radius 1 is 0.636 bits per heavy atom. The molecule has 22 heavy (non-hydrogen) atoms. The van der Waals surface area contributed by atoms with Crippen molar-refractivity contribution < 1.29 is 0 Å². The van der Waals surface area contributed by atoms with Crippen LogP contribution in [0.2, 0.25) is 0 Å². The van der Waals surface area contributed by atoms with Crippen molar-refractivity contribution >= 4 is 21.8 Å². The molecular weight excluding hydrogens is 266 g/mol. The smallest absolute Gasteiger partial charge is 0.0491 e. The lowest BCUT2D eigenvalue weighted by Gasteiger charge is -2.19. The Bertz CT molecular complexity index is 824. The summed E-state index contributed by atoms with van der Waals surface area (Å²) in [7, 11) is 2.25. The maximum atomic E-state index is 2.43. The molecule has 0 aliphatic heterocycles. The standard InChI is InChI=1S/C21H23N/c1-22-18-12-10-14-6-2-4-8-16(14)20(18)21-17-9-5-3-7-15(17)11-13-19(21)22/h10-13H,2-9H2,1H3. The first kappa shape index (κ1) is 12.8. The molecule has 0 saturated carbocycles. The van der Waals surface area contributed by atoms with Crippen molar-refractivity contribution in [2.75, 3.05) is 0 Å². The average Bonchev–Trinajstić information content (AvgIpc) is 2.88. The topological polar surface area (TPSA) is 4.93 Å². The number of aryl methyl sites for hydroxylation is 5. The van der Waals surface area contributed by atoms with Crippen LogP contribution >= 0.6 is 0 Å². The summed E-state index contributed by atoms with van der Waals surface area (Å²) in [5, 5.41) is 3.18. The van der Waals surface area contributed by atoms with E-state index in [0.29, 0.717) is 0 Å². The van der Waals surface area contributed by atoms with Crippen LogP contribution in [0.25, 0.3) is 21.8 Å². The van der Waals surface area contributed by atoms with E-state index in [4.69, 9.17) is 0 Å². The summed E-state index contributed by atoms with van der Waals surface area (Å²) in [5.74, 6) is 0. The third-order valence-corrected chi connectivity index (χ3v) is 5.99. The van der Waals surface area contributed by atoms with E-state index in [1.165, 1.54) is 62.4 Å². The van der Waals surface area contributed by atoms with Crippen LogP contribution in [0.15, 0.2) is 24.3 Å². The van der Waals surface area contributed by atoms with Gasteiger partial charge in [0.15, 0.2) is 0 Å². The predicted molar refractivity (Wildman–Crippen MR) is 93.7 cm³/mol. The van der Waals surface area contributed by atoms with Gasteiger partial charge in [-0.05, 0) is 85.8 Å². The summed E-state index contributed by atoms with van der Waals surface area (Å²) in [6, 6.07) is 9.52. The fraction of sp³-hybridized carbons (Fsp3) is 0.429. The molecule has 0 amide bonds. The van der Waals surface area contributed by atoms with Crippen molar-refractivity contribution in [1.29, 1.82) is 0 Å². The van der Waals surface area contributed by atoms with E-state index < -0.39 is 0 Å². The summed E-state index contributed by atoms with van der Waals surface area (Å²) in [6.45, 7) is 0. The van der Waals surface area contributed by atoms with Gasteiger partial charge < -0.3 is 4.57 Å². The van der Waals surface area contributed by atoms with Gasteiger partial charge in [-0.1, -0.05) is 12.1 Å². The van der Waals surface area contributed by atoms with Gasteiger partial charge in [0.1, 0.15) is 0 Å². The van der Waals surface area contributed by atoms with Gasteiger partial charge >= 0.3 is 0 Å². The summed E-state index contributed by atoms with van der Waals surface area (Å²) in [5.41, 5.74) is 9.42. The summed E-state index contributed by atoms with van der Waals surface area (Å²) in [6.07, 6.45) is 10.5. The lowest BCUT2D eigenvalue weighted by molar-refractivity contribution is 0.688. The third kappa shape index (κ3) is 1.60. The van der Waals surface area contributed by atoms with Gasteiger partial charge in [0.2, 0.25) is 0 Å². The molecule has 1 heterocycles. The molecule has 0 unspecified atom stereocenters. The van der Waals surface area contributed by atoms with Crippen molar-refractivity contribution in [3.05, 3.63) is 46.5 Å². The van der Waals surface area contributed by atoms with Crippen LogP contribution in [0, 0.1) is 0 Å². The van der Waals surface area contributed by atoms with Gasteiger partial charge in [0, 0.05) is 28.9 Å². The van der Waals surface area contributed by atoms with Crippen molar-refractivity contribution in [2.24, 2.45) is 7.05 Å². The molecule has 0 fully saturated rings. The Morgan fingerprint density at radius 3 is 1.59 bits per heavy atom. The Morgan fingerprint density at radius 2 is 1.09 bits per heavy atom. The normalized spacial score (nSPS) is 17.7. The van der Waals surface area contributed by atoms with Crippen LogP contribution in [0.4, 0.5) is 0 Å².